The van der Waals surface area contributed by atoms with E-state index >= 15 is 0 Å². The van der Waals surface area contributed by atoms with Gasteiger partial charge in [-0.2, -0.15) is 0 Å². The smallest absolute Gasteiger partial charge is 0.144 e. The van der Waals surface area contributed by atoms with Gasteiger partial charge in [0, 0.05) is 23.5 Å². The molecule has 182 valence electrons. The van der Waals surface area contributed by atoms with Gasteiger partial charge in [0.15, 0.2) is 0 Å². The number of rotatable bonds is 5. The third-order valence-electron chi connectivity index (χ3n) is 7.18. The van der Waals surface area contributed by atoms with E-state index in [-0.39, 0.29) is 5.92 Å². The highest BCUT2D eigenvalue weighted by Gasteiger charge is 2.29. The average Bonchev–Trinajstić information content (AvgIpc) is 3.55. The molecular weight excluding hydrogens is 464 g/mol. The Morgan fingerprint density at radius 2 is 0.947 bits per heavy atom. The molecule has 0 fully saturated rings. The lowest BCUT2D eigenvalue weighted by molar-refractivity contribution is 0.915. The summed E-state index contributed by atoms with van der Waals surface area (Å²) in [6, 6.07) is 42.2. The van der Waals surface area contributed by atoms with E-state index in [4.69, 9.17) is 9.97 Å². The zero-order chi connectivity index (χ0) is 25.5. The van der Waals surface area contributed by atoms with Crippen molar-refractivity contribution in [2.75, 3.05) is 0 Å². The van der Waals surface area contributed by atoms with Gasteiger partial charge in [0.2, 0.25) is 0 Å². The van der Waals surface area contributed by atoms with Gasteiger partial charge >= 0.3 is 0 Å². The molecule has 0 saturated heterocycles. The molecule has 0 radical (unpaired) electrons. The summed E-state index contributed by atoms with van der Waals surface area (Å²) in [7, 11) is 0. The van der Waals surface area contributed by atoms with Crippen LogP contribution in [0, 0.1) is 6.92 Å². The maximum absolute atomic E-state index is 5.34. The van der Waals surface area contributed by atoms with E-state index in [1.165, 1.54) is 11.1 Å². The molecule has 7 rings (SSSR count). The molecule has 0 aliphatic heterocycles. The van der Waals surface area contributed by atoms with Crippen LogP contribution in [0.1, 0.15) is 28.4 Å². The lowest BCUT2D eigenvalue weighted by Crippen LogP contribution is -2.06. The monoisotopic (exact) mass is 490 g/mol. The molecule has 0 unspecified atom stereocenters. The van der Waals surface area contributed by atoms with Gasteiger partial charge in [-0.25, -0.2) is 9.97 Å². The molecule has 4 aromatic heterocycles. The number of imidazole rings is 2. The van der Waals surface area contributed by atoms with Crippen LogP contribution >= 0.6 is 0 Å². The molecule has 0 saturated carbocycles. The zero-order valence-corrected chi connectivity index (χ0v) is 21.1. The normalized spacial score (nSPS) is 11.5. The van der Waals surface area contributed by atoms with Crippen molar-refractivity contribution in [2.24, 2.45) is 0 Å². The average molecular weight is 491 g/mol. The van der Waals surface area contributed by atoms with Crippen LogP contribution in [-0.4, -0.2) is 18.8 Å². The standard InChI is InChI=1S/C34H26N4/c1-24-18-20-25(21-19-24)30(31-28-16-8-10-22-37(28)33(35-31)26-12-4-2-5-13-26)32-29-17-9-11-23-38(29)34(36-32)27-14-6-3-7-15-27/h2-23,30H,1H3. The Morgan fingerprint density at radius 1 is 0.500 bits per heavy atom. The van der Waals surface area contributed by atoms with Gasteiger partial charge in [0.05, 0.1) is 28.3 Å². The Morgan fingerprint density at radius 3 is 1.42 bits per heavy atom. The van der Waals surface area contributed by atoms with E-state index in [0.29, 0.717) is 0 Å². The highest BCUT2D eigenvalue weighted by atomic mass is 15.1. The number of fused-ring (bicyclic) bond motifs is 2. The lowest BCUT2D eigenvalue weighted by Gasteiger charge is -2.15. The molecule has 3 aromatic carbocycles. The number of aromatic nitrogens is 4. The quantitative estimate of drug-likeness (QED) is 0.247. The number of hydrogen-bond donors (Lipinski definition) is 0. The fraction of sp³-hybridized carbons (Fsp3) is 0.0588. The van der Waals surface area contributed by atoms with Crippen LogP contribution in [0.25, 0.3) is 33.8 Å². The summed E-state index contributed by atoms with van der Waals surface area (Å²) in [6.45, 7) is 2.12. The first-order chi connectivity index (χ1) is 18.8. The lowest BCUT2D eigenvalue weighted by atomic mass is 9.90. The Kier molecular flexibility index (Phi) is 5.37. The fourth-order valence-corrected chi connectivity index (χ4v) is 5.33. The third kappa shape index (κ3) is 3.70. The minimum Gasteiger partial charge on any atom is -0.299 e. The predicted octanol–water partition coefficient (Wildman–Crippen LogP) is 7.80. The topological polar surface area (TPSA) is 34.6 Å². The first-order valence-corrected chi connectivity index (χ1v) is 12.9. The van der Waals surface area contributed by atoms with Gasteiger partial charge in [0.25, 0.3) is 0 Å². The summed E-state index contributed by atoms with van der Waals surface area (Å²) in [5.41, 5.74) is 8.72. The number of hydrogen-bond acceptors (Lipinski definition) is 2. The molecule has 4 nitrogen and oxygen atoms in total. The van der Waals surface area contributed by atoms with Gasteiger partial charge in [0.1, 0.15) is 11.6 Å². The van der Waals surface area contributed by atoms with Crippen molar-refractivity contribution in [1.82, 2.24) is 18.8 Å². The Labute approximate surface area is 221 Å². The first-order valence-electron chi connectivity index (χ1n) is 12.9. The van der Waals surface area contributed by atoms with Gasteiger partial charge < -0.3 is 0 Å². The number of pyridine rings is 2. The van der Waals surface area contributed by atoms with Gasteiger partial charge in [-0.1, -0.05) is 103 Å². The van der Waals surface area contributed by atoms with Crippen LogP contribution in [0.4, 0.5) is 0 Å². The maximum Gasteiger partial charge on any atom is 0.144 e. The molecule has 0 aliphatic carbocycles. The van der Waals surface area contributed by atoms with Gasteiger partial charge in [-0.05, 0) is 36.8 Å². The number of nitrogens with zero attached hydrogens (tertiary/aromatic N) is 4. The Balaban J connectivity index is 1.54. The van der Waals surface area contributed by atoms with Crippen LogP contribution in [0.15, 0.2) is 134 Å². The van der Waals surface area contributed by atoms with E-state index in [1.807, 2.05) is 12.1 Å². The molecule has 38 heavy (non-hydrogen) atoms. The van der Waals surface area contributed by atoms with Crippen molar-refractivity contribution in [3.63, 3.8) is 0 Å². The first kappa shape index (κ1) is 22.3. The summed E-state index contributed by atoms with van der Waals surface area (Å²) < 4.78 is 4.39. The molecule has 4 heterocycles. The SMILES string of the molecule is Cc1ccc(C(c2nc(-c3ccccc3)n3ccccc23)c2nc(-c3ccccc3)n3ccccc23)cc1. The van der Waals surface area contributed by atoms with Crippen molar-refractivity contribution in [1.29, 1.82) is 0 Å². The molecule has 0 amide bonds. The molecule has 0 N–H and O–H groups in total. The number of aryl methyl sites for hydroxylation is 1. The molecule has 0 atom stereocenters. The van der Waals surface area contributed by atoms with Crippen molar-refractivity contribution in [3.8, 4) is 22.8 Å². The summed E-state index contributed by atoms with van der Waals surface area (Å²) in [6.07, 6.45) is 4.20. The highest BCUT2D eigenvalue weighted by Crippen LogP contribution is 2.39. The molecule has 7 aromatic rings. The fourth-order valence-electron chi connectivity index (χ4n) is 5.33. The van der Waals surface area contributed by atoms with Crippen LogP contribution in [0.5, 0.6) is 0 Å². The van der Waals surface area contributed by atoms with Crippen molar-refractivity contribution < 1.29 is 0 Å². The largest absolute Gasteiger partial charge is 0.299 e. The van der Waals surface area contributed by atoms with E-state index in [2.05, 4.69) is 137 Å². The third-order valence-corrected chi connectivity index (χ3v) is 7.18. The zero-order valence-electron chi connectivity index (χ0n) is 21.1. The van der Waals surface area contributed by atoms with Gasteiger partial charge in [-0.3, -0.25) is 8.80 Å². The van der Waals surface area contributed by atoms with Crippen LogP contribution in [0.3, 0.4) is 0 Å². The predicted molar refractivity (Wildman–Crippen MR) is 153 cm³/mol. The van der Waals surface area contributed by atoms with Crippen LogP contribution in [-0.2, 0) is 0 Å². The van der Waals surface area contributed by atoms with E-state index in [0.717, 1.165) is 45.2 Å². The highest BCUT2D eigenvalue weighted by molar-refractivity contribution is 5.72. The van der Waals surface area contributed by atoms with Crippen molar-refractivity contribution >= 4 is 11.0 Å². The van der Waals surface area contributed by atoms with Crippen LogP contribution in [0.2, 0.25) is 0 Å². The van der Waals surface area contributed by atoms with E-state index in [1.54, 1.807) is 0 Å². The summed E-state index contributed by atoms with van der Waals surface area (Å²) in [4.78, 5) is 10.7. The summed E-state index contributed by atoms with van der Waals surface area (Å²) >= 11 is 0. The minimum absolute atomic E-state index is 0.152. The second kappa shape index (κ2) is 9.16. The number of benzene rings is 3. The summed E-state index contributed by atoms with van der Waals surface area (Å²) in [5, 5.41) is 0. The summed E-state index contributed by atoms with van der Waals surface area (Å²) in [5.74, 6) is 1.71. The molecule has 0 bridgehead atoms. The Bertz CT molecular complexity index is 1750. The molecule has 0 aliphatic rings. The molecule has 0 spiro atoms. The minimum atomic E-state index is -0.152. The Hall–Kier alpha value is -4.96. The van der Waals surface area contributed by atoms with Crippen molar-refractivity contribution in [2.45, 2.75) is 12.8 Å². The van der Waals surface area contributed by atoms with E-state index < -0.39 is 0 Å². The molecular formula is C34H26N4. The maximum atomic E-state index is 5.34. The second-order valence-corrected chi connectivity index (χ2v) is 9.63. The van der Waals surface area contributed by atoms with E-state index in [9.17, 15) is 0 Å². The van der Waals surface area contributed by atoms with Gasteiger partial charge in [-0.15, -0.1) is 0 Å². The second-order valence-electron chi connectivity index (χ2n) is 9.63. The van der Waals surface area contributed by atoms with Crippen LogP contribution < -0.4 is 0 Å². The molecule has 4 heteroatoms. The van der Waals surface area contributed by atoms with Crippen molar-refractivity contribution in [3.05, 3.63) is 156 Å².